The molecule has 4 rings (SSSR count). The van der Waals surface area contributed by atoms with E-state index in [9.17, 15) is 22.4 Å². The van der Waals surface area contributed by atoms with E-state index in [1.807, 2.05) is 75.4 Å². The van der Waals surface area contributed by atoms with E-state index in [-0.39, 0.29) is 29.5 Å². The second-order valence-electron chi connectivity index (χ2n) is 11.8. The number of anilines is 1. The zero-order valence-electron chi connectivity index (χ0n) is 26.1. The molecule has 0 aliphatic carbocycles. The van der Waals surface area contributed by atoms with Gasteiger partial charge in [-0.25, -0.2) is 12.8 Å². The summed E-state index contributed by atoms with van der Waals surface area (Å²) in [6.45, 7) is 4.93. The first-order chi connectivity index (χ1) is 21.8. The number of hydrogen-bond acceptors (Lipinski definition) is 5. The van der Waals surface area contributed by atoms with E-state index in [1.54, 1.807) is 0 Å². The van der Waals surface area contributed by atoms with Crippen LogP contribution in [0.3, 0.4) is 0 Å². The summed E-state index contributed by atoms with van der Waals surface area (Å²) in [5, 5.41) is 3.00. The number of nitrogens with zero attached hydrogens (tertiary/aromatic N) is 2. The Bertz CT molecular complexity index is 1730. The molecule has 0 spiro atoms. The van der Waals surface area contributed by atoms with Crippen LogP contribution in [0.1, 0.15) is 31.9 Å². The molecule has 0 saturated carbocycles. The maximum absolute atomic E-state index is 14.5. The molecule has 1 unspecified atom stereocenters. The SMILES string of the molecule is COc1ccc(S(=O)(=O)N(CC(=O)N(Cc2ccc(Br)cc2)C(Cc2ccccc2)C(=O)NC(C)(C)C)c2ccc(F)cc2)cc1. The molecule has 0 aliphatic heterocycles. The van der Waals surface area contributed by atoms with E-state index in [1.165, 1.54) is 48.4 Å². The van der Waals surface area contributed by atoms with Crippen molar-refractivity contribution in [2.45, 2.75) is 50.2 Å². The van der Waals surface area contributed by atoms with E-state index in [4.69, 9.17) is 4.74 Å². The second-order valence-corrected chi connectivity index (χ2v) is 14.5. The third-order valence-electron chi connectivity index (χ3n) is 7.08. The van der Waals surface area contributed by atoms with Crippen molar-refractivity contribution in [1.29, 1.82) is 0 Å². The standard InChI is InChI=1S/C35H37BrFN3O5S/c1-35(2,3)38-34(42)32(22-25-8-6-5-7-9-25)39(23-26-10-12-27(36)13-11-26)33(41)24-40(29-16-14-28(37)15-17-29)46(43,44)31-20-18-30(45-4)19-21-31/h5-21,32H,22-24H2,1-4H3,(H,38,42). The summed E-state index contributed by atoms with van der Waals surface area (Å²) >= 11 is 3.43. The van der Waals surface area contributed by atoms with Gasteiger partial charge in [0.25, 0.3) is 10.0 Å². The zero-order chi connectivity index (χ0) is 33.5. The van der Waals surface area contributed by atoms with Gasteiger partial charge in [0.1, 0.15) is 24.2 Å². The highest BCUT2D eigenvalue weighted by atomic mass is 79.9. The first kappa shape index (κ1) is 34.6. The van der Waals surface area contributed by atoms with Gasteiger partial charge in [0.15, 0.2) is 0 Å². The molecular formula is C35H37BrFN3O5S. The molecule has 0 aromatic heterocycles. The van der Waals surface area contributed by atoms with E-state index in [0.29, 0.717) is 5.75 Å². The highest BCUT2D eigenvalue weighted by Crippen LogP contribution is 2.27. The summed E-state index contributed by atoms with van der Waals surface area (Å²) in [5.41, 5.74) is 1.06. The number of nitrogens with one attached hydrogen (secondary N) is 1. The minimum atomic E-state index is -4.33. The average molecular weight is 711 g/mol. The summed E-state index contributed by atoms with van der Waals surface area (Å²) in [5.74, 6) is -1.10. The number of carbonyl (C=O) groups is 2. The number of carbonyl (C=O) groups excluding carboxylic acids is 2. The molecule has 0 saturated heterocycles. The summed E-state index contributed by atoms with van der Waals surface area (Å²) in [6, 6.07) is 26.3. The van der Waals surface area contributed by atoms with Gasteiger partial charge in [0.05, 0.1) is 17.7 Å². The zero-order valence-corrected chi connectivity index (χ0v) is 28.5. The van der Waals surface area contributed by atoms with Gasteiger partial charge in [-0.15, -0.1) is 0 Å². The average Bonchev–Trinajstić information content (AvgIpc) is 3.02. The van der Waals surface area contributed by atoms with Crippen molar-refractivity contribution in [3.63, 3.8) is 0 Å². The maximum atomic E-state index is 14.5. The number of halogens is 2. The van der Waals surface area contributed by atoms with E-state index in [2.05, 4.69) is 21.2 Å². The van der Waals surface area contributed by atoms with Crippen LogP contribution in [0.25, 0.3) is 0 Å². The number of benzene rings is 4. The molecule has 4 aromatic carbocycles. The summed E-state index contributed by atoms with van der Waals surface area (Å²) in [4.78, 5) is 29.7. The van der Waals surface area contributed by atoms with Crippen molar-refractivity contribution in [2.24, 2.45) is 0 Å². The van der Waals surface area contributed by atoms with E-state index < -0.39 is 39.9 Å². The van der Waals surface area contributed by atoms with Crippen LogP contribution >= 0.6 is 15.9 Å². The van der Waals surface area contributed by atoms with Gasteiger partial charge in [0.2, 0.25) is 11.8 Å². The highest BCUT2D eigenvalue weighted by Gasteiger charge is 2.35. The number of amides is 2. The smallest absolute Gasteiger partial charge is 0.264 e. The Hall–Kier alpha value is -4.22. The van der Waals surface area contributed by atoms with E-state index in [0.717, 1.165) is 32.0 Å². The molecule has 0 heterocycles. The minimum Gasteiger partial charge on any atom is -0.497 e. The van der Waals surface area contributed by atoms with Crippen molar-refractivity contribution >= 4 is 43.5 Å². The predicted molar refractivity (Wildman–Crippen MR) is 180 cm³/mol. The van der Waals surface area contributed by atoms with Gasteiger partial charge in [-0.1, -0.05) is 58.4 Å². The first-order valence-electron chi connectivity index (χ1n) is 14.6. The van der Waals surface area contributed by atoms with Crippen LogP contribution in [0, 0.1) is 5.82 Å². The van der Waals surface area contributed by atoms with Gasteiger partial charge in [-0.05, 0) is 92.6 Å². The molecule has 0 bridgehead atoms. The second kappa shape index (κ2) is 14.9. The third-order valence-corrected chi connectivity index (χ3v) is 9.39. The minimum absolute atomic E-state index is 0.0288. The molecule has 1 atom stereocenters. The molecule has 2 amide bonds. The summed E-state index contributed by atoms with van der Waals surface area (Å²) in [7, 11) is -2.86. The van der Waals surface area contributed by atoms with Crippen LogP contribution in [-0.2, 0) is 32.6 Å². The Kier molecular flexibility index (Phi) is 11.2. The van der Waals surface area contributed by atoms with Gasteiger partial charge in [-0.3, -0.25) is 13.9 Å². The van der Waals surface area contributed by atoms with Gasteiger partial charge in [0, 0.05) is 23.0 Å². The Morgan fingerprint density at radius 3 is 2.04 bits per heavy atom. The molecule has 11 heteroatoms. The molecule has 4 aromatic rings. The van der Waals surface area contributed by atoms with Crippen LogP contribution in [0.15, 0.2) is 112 Å². The molecular weight excluding hydrogens is 673 g/mol. The molecule has 0 fully saturated rings. The predicted octanol–water partition coefficient (Wildman–Crippen LogP) is 6.35. The molecule has 242 valence electrons. The molecule has 0 radical (unpaired) electrons. The van der Waals surface area contributed by atoms with Crippen molar-refractivity contribution in [1.82, 2.24) is 10.2 Å². The lowest BCUT2D eigenvalue weighted by Crippen LogP contribution is -2.56. The Morgan fingerprint density at radius 2 is 1.48 bits per heavy atom. The van der Waals surface area contributed by atoms with Crippen LogP contribution in [0.4, 0.5) is 10.1 Å². The lowest BCUT2D eigenvalue weighted by Gasteiger charge is -2.35. The van der Waals surface area contributed by atoms with Gasteiger partial charge in [-0.2, -0.15) is 0 Å². The summed E-state index contributed by atoms with van der Waals surface area (Å²) in [6.07, 6.45) is 0.187. The highest BCUT2D eigenvalue weighted by molar-refractivity contribution is 9.10. The van der Waals surface area contributed by atoms with Gasteiger partial charge < -0.3 is 15.0 Å². The van der Waals surface area contributed by atoms with Crippen molar-refractivity contribution < 1.29 is 27.1 Å². The van der Waals surface area contributed by atoms with Crippen molar-refractivity contribution in [3.05, 3.63) is 125 Å². The fourth-order valence-electron chi connectivity index (χ4n) is 4.80. The Balaban J connectivity index is 1.81. The van der Waals surface area contributed by atoms with Crippen molar-refractivity contribution in [2.75, 3.05) is 18.0 Å². The van der Waals surface area contributed by atoms with E-state index >= 15 is 0 Å². The monoisotopic (exact) mass is 709 g/mol. The van der Waals surface area contributed by atoms with Crippen LogP contribution in [0.2, 0.25) is 0 Å². The van der Waals surface area contributed by atoms with Crippen molar-refractivity contribution in [3.8, 4) is 5.75 Å². The molecule has 46 heavy (non-hydrogen) atoms. The number of rotatable bonds is 12. The number of sulfonamides is 1. The number of hydrogen-bond donors (Lipinski definition) is 1. The lowest BCUT2D eigenvalue weighted by atomic mass is 10.0. The largest absolute Gasteiger partial charge is 0.497 e. The third kappa shape index (κ3) is 9.17. The van der Waals surface area contributed by atoms with Gasteiger partial charge >= 0.3 is 0 Å². The Morgan fingerprint density at radius 1 is 0.870 bits per heavy atom. The summed E-state index contributed by atoms with van der Waals surface area (Å²) < 4.78 is 49.1. The molecule has 1 N–H and O–H groups in total. The maximum Gasteiger partial charge on any atom is 0.264 e. The number of ether oxygens (including phenoxy) is 1. The Labute approximate surface area is 278 Å². The fourth-order valence-corrected chi connectivity index (χ4v) is 6.48. The normalized spacial score (nSPS) is 12.2. The fraction of sp³-hybridized carbons (Fsp3) is 0.257. The number of methoxy groups -OCH3 is 1. The lowest BCUT2D eigenvalue weighted by molar-refractivity contribution is -0.140. The van der Waals surface area contributed by atoms with Crippen LogP contribution in [0.5, 0.6) is 5.75 Å². The quantitative estimate of drug-likeness (QED) is 0.185. The molecule has 8 nitrogen and oxygen atoms in total. The topological polar surface area (TPSA) is 96.0 Å². The van der Waals surface area contributed by atoms with Crippen LogP contribution in [-0.4, -0.2) is 50.4 Å². The van der Waals surface area contributed by atoms with Crippen LogP contribution < -0.4 is 14.4 Å². The first-order valence-corrected chi connectivity index (χ1v) is 16.8. The molecule has 0 aliphatic rings.